The lowest BCUT2D eigenvalue weighted by atomic mass is 10.2. The molecular weight excluding hydrogens is 366 g/mol. The summed E-state index contributed by atoms with van der Waals surface area (Å²) in [6.07, 6.45) is 3.28. The summed E-state index contributed by atoms with van der Waals surface area (Å²) in [5, 5.41) is 7.90. The van der Waals surface area contributed by atoms with Crippen molar-refractivity contribution in [1.82, 2.24) is 19.1 Å². The molecule has 3 aromatic rings. The van der Waals surface area contributed by atoms with Gasteiger partial charge in [0.2, 0.25) is 10.0 Å². The normalized spacial score (nSPS) is 12.1. The van der Waals surface area contributed by atoms with E-state index in [4.69, 9.17) is 0 Å². The van der Waals surface area contributed by atoms with Gasteiger partial charge in [0.1, 0.15) is 0 Å². The van der Waals surface area contributed by atoms with E-state index >= 15 is 0 Å². The number of hydrogen-bond acceptors (Lipinski definition) is 5. The molecule has 0 saturated heterocycles. The highest BCUT2D eigenvalue weighted by Gasteiger charge is 2.17. The van der Waals surface area contributed by atoms with E-state index < -0.39 is 10.0 Å². The molecule has 27 heavy (non-hydrogen) atoms. The number of nitrogens with zero attached hydrogens (tertiary/aromatic N) is 4. The van der Waals surface area contributed by atoms with Gasteiger partial charge >= 0.3 is 0 Å². The van der Waals surface area contributed by atoms with E-state index in [9.17, 15) is 13.2 Å². The fourth-order valence-electron chi connectivity index (χ4n) is 2.58. The Hall–Kier alpha value is -2.78. The Bertz CT molecular complexity index is 1090. The van der Waals surface area contributed by atoms with Crippen molar-refractivity contribution in [3.63, 3.8) is 0 Å². The zero-order valence-electron chi connectivity index (χ0n) is 15.5. The maximum absolute atomic E-state index is 12.4. The van der Waals surface area contributed by atoms with Gasteiger partial charge in [-0.2, -0.15) is 5.10 Å². The van der Waals surface area contributed by atoms with Crippen LogP contribution in [0.3, 0.4) is 0 Å². The van der Waals surface area contributed by atoms with Gasteiger partial charge in [-0.25, -0.2) is 22.4 Å². The van der Waals surface area contributed by atoms with Gasteiger partial charge < -0.3 is 5.32 Å². The molecule has 0 aliphatic carbocycles. The van der Waals surface area contributed by atoms with Crippen LogP contribution in [-0.4, -0.2) is 47.5 Å². The van der Waals surface area contributed by atoms with Crippen molar-refractivity contribution in [2.45, 2.75) is 24.8 Å². The Morgan fingerprint density at radius 1 is 1.15 bits per heavy atom. The van der Waals surface area contributed by atoms with E-state index in [0.29, 0.717) is 11.3 Å². The number of aromatic nitrogens is 3. The van der Waals surface area contributed by atoms with Crippen LogP contribution in [0.25, 0.3) is 11.0 Å². The summed E-state index contributed by atoms with van der Waals surface area (Å²) in [7, 11) is -0.607. The lowest BCUT2D eigenvalue weighted by Crippen LogP contribution is -2.22. The summed E-state index contributed by atoms with van der Waals surface area (Å²) >= 11 is 0. The molecule has 2 aromatic heterocycles. The molecule has 0 atom stereocenters. The highest BCUT2D eigenvalue weighted by Crippen LogP contribution is 2.20. The fourth-order valence-corrected chi connectivity index (χ4v) is 3.48. The molecule has 8 nitrogen and oxygen atoms in total. The Labute approximate surface area is 157 Å². The van der Waals surface area contributed by atoms with Crippen LogP contribution in [0, 0.1) is 0 Å². The molecule has 1 aromatic carbocycles. The van der Waals surface area contributed by atoms with Crippen LogP contribution < -0.4 is 5.32 Å². The third-order valence-corrected chi connectivity index (χ3v) is 5.90. The first kappa shape index (κ1) is 19.0. The number of sulfonamides is 1. The van der Waals surface area contributed by atoms with Gasteiger partial charge in [-0.1, -0.05) is 0 Å². The van der Waals surface area contributed by atoms with E-state index in [-0.39, 0.29) is 16.8 Å². The van der Waals surface area contributed by atoms with Gasteiger partial charge in [-0.15, -0.1) is 0 Å². The quantitative estimate of drug-likeness (QED) is 0.725. The Morgan fingerprint density at radius 3 is 2.41 bits per heavy atom. The second kappa shape index (κ2) is 7.09. The number of pyridine rings is 1. The molecule has 9 heteroatoms. The standard InChI is InChI=1S/C18H21N5O3S/c1-12(2)23-17-14(10-20-23)9-15(11-19-17)21-18(24)13-5-7-16(8-6-13)27(25,26)22(3)4/h5-12H,1-4H3,(H,21,24). The van der Waals surface area contributed by atoms with Gasteiger partial charge in [0, 0.05) is 31.1 Å². The molecule has 142 valence electrons. The Kier molecular flexibility index (Phi) is 4.99. The molecule has 0 bridgehead atoms. The summed E-state index contributed by atoms with van der Waals surface area (Å²) in [5.74, 6) is -0.346. The van der Waals surface area contributed by atoms with E-state index in [1.54, 1.807) is 18.5 Å². The molecule has 0 unspecified atom stereocenters. The monoisotopic (exact) mass is 387 g/mol. The SMILES string of the molecule is CC(C)n1ncc2cc(NC(=O)c3ccc(S(=O)(=O)N(C)C)cc3)cnc21. The smallest absolute Gasteiger partial charge is 0.255 e. The zero-order chi connectivity index (χ0) is 19.8. The molecular formula is C18H21N5O3S. The molecule has 0 fully saturated rings. The molecule has 3 rings (SSSR count). The van der Waals surface area contributed by atoms with Crippen LogP contribution in [0.4, 0.5) is 5.69 Å². The zero-order valence-corrected chi connectivity index (χ0v) is 16.4. The average molecular weight is 387 g/mol. The Morgan fingerprint density at radius 2 is 1.81 bits per heavy atom. The summed E-state index contributed by atoms with van der Waals surface area (Å²) in [4.78, 5) is 16.9. The predicted octanol–water partition coefficient (Wildman–Crippen LogP) is 2.51. The number of rotatable bonds is 5. The number of benzene rings is 1. The summed E-state index contributed by atoms with van der Waals surface area (Å²) in [6, 6.07) is 7.78. The van der Waals surface area contributed by atoms with Crippen LogP contribution >= 0.6 is 0 Å². The molecule has 0 aliphatic rings. The van der Waals surface area contributed by atoms with Crippen molar-refractivity contribution >= 4 is 32.7 Å². The van der Waals surface area contributed by atoms with Crippen LogP contribution in [0.2, 0.25) is 0 Å². The maximum Gasteiger partial charge on any atom is 0.255 e. The van der Waals surface area contributed by atoms with Crippen LogP contribution in [-0.2, 0) is 10.0 Å². The van der Waals surface area contributed by atoms with E-state index in [1.807, 2.05) is 18.5 Å². The number of hydrogen-bond donors (Lipinski definition) is 1. The second-order valence-corrected chi connectivity index (χ2v) is 8.74. The summed E-state index contributed by atoms with van der Waals surface area (Å²) < 4.78 is 27.1. The van der Waals surface area contributed by atoms with Crippen molar-refractivity contribution < 1.29 is 13.2 Å². The minimum Gasteiger partial charge on any atom is -0.321 e. The molecule has 0 radical (unpaired) electrons. The molecule has 0 spiro atoms. The summed E-state index contributed by atoms with van der Waals surface area (Å²) in [5.41, 5.74) is 1.65. The Balaban J connectivity index is 1.80. The van der Waals surface area contributed by atoms with Crippen molar-refractivity contribution in [3.05, 3.63) is 48.3 Å². The summed E-state index contributed by atoms with van der Waals surface area (Å²) in [6.45, 7) is 4.04. The van der Waals surface area contributed by atoms with Gasteiger partial charge in [0.25, 0.3) is 5.91 Å². The molecule has 0 aliphatic heterocycles. The predicted molar refractivity (Wildman–Crippen MR) is 103 cm³/mol. The van der Waals surface area contributed by atoms with E-state index in [0.717, 1.165) is 15.3 Å². The van der Waals surface area contributed by atoms with Crippen LogP contribution in [0.1, 0.15) is 30.2 Å². The maximum atomic E-state index is 12.4. The van der Waals surface area contributed by atoms with Crippen molar-refractivity contribution in [3.8, 4) is 0 Å². The highest BCUT2D eigenvalue weighted by atomic mass is 32.2. The molecule has 1 amide bonds. The third-order valence-electron chi connectivity index (χ3n) is 4.08. The number of anilines is 1. The van der Waals surface area contributed by atoms with Crippen molar-refractivity contribution in [2.75, 3.05) is 19.4 Å². The van der Waals surface area contributed by atoms with Gasteiger partial charge in [-0.05, 0) is 44.2 Å². The minimum absolute atomic E-state index is 0.133. The van der Waals surface area contributed by atoms with Gasteiger partial charge in [0.05, 0.1) is 23.0 Å². The van der Waals surface area contributed by atoms with Gasteiger partial charge in [-0.3, -0.25) is 4.79 Å². The number of fused-ring (bicyclic) bond motifs is 1. The van der Waals surface area contributed by atoms with E-state index in [1.165, 1.54) is 38.4 Å². The first-order valence-corrected chi connectivity index (χ1v) is 9.81. The first-order valence-electron chi connectivity index (χ1n) is 8.37. The lowest BCUT2D eigenvalue weighted by Gasteiger charge is -2.11. The first-order chi connectivity index (χ1) is 12.7. The minimum atomic E-state index is -3.52. The van der Waals surface area contributed by atoms with Crippen molar-refractivity contribution in [2.24, 2.45) is 0 Å². The lowest BCUT2D eigenvalue weighted by molar-refractivity contribution is 0.102. The number of carbonyl (C=O) groups is 1. The fraction of sp³-hybridized carbons (Fsp3) is 0.278. The van der Waals surface area contributed by atoms with Crippen LogP contribution in [0.5, 0.6) is 0 Å². The number of carbonyl (C=O) groups excluding carboxylic acids is 1. The topological polar surface area (TPSA) is 97.2 Å². The number of nitrogens with one attached hydrogen (secondary N) is 1. The molecule has 2 heterocycles. The van der Waals surface area contributed by atoms with E-state index in [2.05, 4.69) is 15.4 Å². The van der Waals surface area contributed by atoms with Gasteiger partial charge in [0.15, 0.2) is 5.65 Å². The largest absolute Gasteiger partial charge is 0.321 e. The van der Waals surface area contributed by atoms with Crippen molar-refractivity contribution in [1.29, 1.82) is 0 Å². The molecule has 0 saturated carbocycles. The second-order valence-electron chi connectivity index (χ2n) is 6.59. The van der Waals surface area contributed by atoms with Crippen LogP contribution in [0.15, 0.2) is 47.6 Å². The average Bonchev–Trinajstić information content (AvgIpc) is 3.05. The molecule has 1 N–H and O–H groups in total. The number of amides is 1. The third kappa shape index (κ3) is 3.69. The highest BCUT2D eigenvalue weighted by molar-refractivity contribution is 7.89.